The van der Waals surface area contributed by atoms with Gasteiger partial charge in [-0.25, -0.2) is 9.79 Å². The first-order chi connectivity index (χ1) is 15.0. The zero-order valence-electron chi connectivity index (χ0n) is 17.0. The summed E-state index contributed by atoms with van der Waals surface area (Å²) >= 11 is 1.27. The molecule has 4 rings (SSSR count). The second kappa shape index (κ2) is 9.06. The molecule has 0 aliphatic carbocycles. The number of amides is 1. The smallest absolute Gasteiger partial charge is 0.338 e. The van der Waals surface area contributed by atoms with Crippen LogP contribution in [0, 0.1) is 6.92 Å². The lowest BCUT2D eigenvalue weighted by Crippen LogP contribution is -2.19. The average molecular weight is 433 g/mol. The van der Waals surface area contributed by atoms with Crippen LogP contribution in [0.2, 0.25) is 0 Å². The van der Waals surface area contributed by atoms with Crippen LogP contribution >= 0.6 is 11.8 Å². The van der Waals surface area contributed by atoms with Crippen LogP contribution in [0.1, 0.15) is 28.6 Å². The van der Waals surface area contributed by atoms with Gasteiger partial charge < -0.3 is 14.5 Å². The van der Waals surface area contributed by atoms with E-state index in [0.29, 0.717) is 33.8 Å². The number of nitrogens with one attached hydrogen (secondary N) is 1. The number of furan rings is 1. The highest BCUT2D eigenvalue weighted by Gasteiger charge is 2.24. The summed E-state index contributed by atoms with van der Waals surface area (Å²) in [4.78, 5) is 29.0. The number of hydrogen-bond donors (Lipinski definition) is 1. The number of nitrogens with zero attached hydrogens (tertiary/aromatic N) is 1. The van der Waals surface area contributed by atoms with Gasteiger partial charge >= 0.3 is 5.97 Å². The van der Waals surface area contributed by atoms with Gasteiger partial charge in [0.25, 0.3) is 5.91 Å². The number of carbonyl (C=O) groups is 2. The predicted octanol–water partition coefficient (Wildman–Crippen LogP) is 5.32. The zero-order chi connectivity index (χ0) is 21.8. The minimum absolute atomic E-state index is 0.215. The van der Waals surface area contributed by atoms with Gasteiger partial charge in [-0.15, -0.1) is 0 Å². The summed E-state index contributed by atoms with van der Waals surface area (Å²) in [7, 11) is 0. The predicted molar refractivity (Wildman–Crippen MR) is 122 cm³/mol. The molecule has 1 aliphatic heterocycles. The third kappa shape index (κ3) is 4.95. The van der Waals surface area contributed by atoms with Gasteiger partial charge in [-0.2, -0.15) is 0 Å². The van der Waals surface area contributed by atoms with Crippen molar-refractivity contribution in [1.82, 2.24) is 5.32 Å². The maximum Gasteiger partial charge on any atom is 0.338 e. The minimum atomic E-state index is -0.355. The first-order valence-electron chi connectivity index (χ1n) is 9.75. The van der Waals surface area contributed by atoms with Gasteiger partial charge in [0, 0.05) is 11.6 Å². The molecule has 0 atom stereocenters. The molecule has 0 radical (unpaired) electrons. The standard InChI is InChI=1S/C24H20N2O4S/c1-3-29-23(28)17-8-6-16(7-9-17)20-13-12-19(30-20)14-21-22(27)26-24(31-21)25-18-10-4-15(2)5-11-18/h4-14H,3H2,1-2H3,(H,25,26,27)/b21-14-. The summed E-state index contributed by atoms with van der Waals surface area (Å²) in [5.74, 6) is 0.622. The number of rotatable bonds is 5. The third-order valence-electron chi connectivity index (χ3n) is 4.50. The molecule has 0 bridgehead atoms. The molecule has 1 aromatic heterocycles. The van der Waals surface area contributed by atoms with Crippen molar-refractivity contribution in [3.8, 4) is 11.3 Å². The lowest BCUT2D eigenvalue weighted by molar-refractivity contribution is -0.115. The van der Waals surface area contributed by atoms with E-state index in [4.69, 9.17) is 9.15 Å². The number of thioether (sulfide) groups is 1. The second-order valence-corrected chi connectivity index (χ2v) is 7.85. The first kappa shape index (κ1) is 20.7. The maximum absolute atomic E-state index is 12.3. The monoisotopic (exact) mass is 432 g/mol. The Morgan fingerprint density at radius 3 is 2.55 bits per heavy atom. The van der Waals surface area contributed by atoms with Crippen LogP contribution in [0.3, 0.4) is 0 Å². The summed E-state index contributed by atoms with van der Waals surface area (Å²) in [5.41, 5.74) is 3.24. The van der Waals surface area contributed by atoms with E-state index in [0.717, 1.165) is 16.8 Å². The summed E-state index contributed by atoms with van der Waals surface area (Å²) in [5, 5.41) is 3.30. The Balaban J connectivity index is 1.48. The molecule has 1 aliphatic rings. The van der Waals surface area contributed by atoms with Crippen molar-refractivity contribution in [3.05, 3.63) is 82.5 Å². The van der Waals surface area contributed by atoms with E-state index in [2.05, 4.69) is 10.3 Å². The number of esters is 1. The summed E-state index contributed by atoms with van der Waals surface area (Å²) < 4.78 is 10.9. The number of amidine groups is 1. The van der Waals surface area contributed by atoms with Crippen LogP contribution < -0.4 is 5.32 Å². The van der Waals surface area contributed by atoms with Crippen LogP contribution in [-0.4, -0.2) is 23.7 Å². The SMILES string of the molecule is CCOC(=O)c1ccc(-c2ccc(/C=C3\SC(=Nc4ccc(C)cc4)NC3=O)o2)cc1. The van der Waals surface area contributed by atoms with Crippen molar-refractivity contribution in [2.24, 2.45) is 4.99 Å². The Hall–Kier alpha value is -3.58. The van der Waals surface area contributed by atoms with Crippen molar-refractivity contribution in [2.75, 3.05) is 6.61 Å². The second-order valence-electron chi connectivity index (χ2n) is 6.82. The first-order valence-corrected chi connectivity index (χ1v) is 10.6. The van der Waals surface area contributed by atoms with E-state index < -0.39 is 0 Å². The molecular formula is C24H20N2O4S. The summed E-state index contributed by atoms with van der Waals surface area (Å²) in [6.45, 7) is 4.11. The van der Waals surface area contributed by atoms with Crippen LogP contribution in [0.5, 0.6) is 0 Å². The molecule has 3 aromatic rings. The van der Waals surface area contributed by atoms with Gasteiger partial charge in [0.1, 0.15) is 11.5 Å². The van der Waals surface area contributed by atoms with Crippen LogP contribution in [0.15, 0.2) is 75.0 Å². The van der Waals surface area contributed by atoms with Gasteiger partial charge in [0.15, 0.2) is 5.17 Å². The number of ether oxygens (including phenoxy) is 1. The average Bonchev–Trinajstić information content (AvgIpc) is 3.37. The fourth-order valence-corrected chi connectivity index (χ4v) is 3.74. The topological polar surface area (TPSA) is 80.9 Å². The highest BCUT2D eigenvalue weighted by Crippen LogP contribution is 2.30. The molecule has 6 nitrogen and oxygen atoms in total. The molecule has 0 spiro atoms. The number of aliphatic imine (C=N–C) groups is 1. The fourth-order valence-electron chi connectivity index (χ4n) is 2.92. The summed E-state index contributed by atoms with van der Waals surface area (Å²) in [6.07, 6.45) is 1.69. The van der Waals surface area contributed by atoms with Gasteiger partial charge in [0.05, 0.1) is 22.8 Å². The minimum Gasteiger partial charge on any atom is -0.462 e. The highest BCUT2D eigenvalue weighted by molar-refractivity contribution is 8.18. The van der Waals surface area contributed by atoms with E-state index >= 15 is 0 Å². The maximum atomic E-state index is 12.3. The van der Waals surface area contributed by atoms with E-state index in [1.54, 1.807) is 43.3 Å². The van der Waals surface area contributed by atoms with Gasteiger partial charge in [-0.1, -0.05) is 29.8 Å². The van der Waals surface area contributed by atoms with Crippen LogP contribution in [-0.2, 0) is 9.53 Å². The van der Waals surface area contributed by atoms with Crippen molar-refractivity contribution in [1.29, 1.82) is 0 Å². The Morgan fingerprint density at radius 2 is 1.84 bits per heavy atom. The molecule has 1 saturated heterocycles. The quantitative estimate of drug-likeness (QED) is 0.436. The molecule has 156 valence electrons. The normalized spacial score (nSPS) is 16.0. The van der Waals surface area contributed by atoms with Crippen molar-refractivity contribution >= 4 is 40.6 Å². The van der Waals surface area contributed by atoms with Gasteiger partial charge in [-0.3, -0.25) is 4.79 Å². The van der Waals surface area contributed by atoms with Crippen molar-refractivity contribution in [2.45, 2.75) is 13.8 Å². The number of aryl methyl sites for hydroxylation is 1. The number of hydrogen-bond acceptors (Lipinski definition) is 6. The fraction of sp³-hybridized carbons (Fsp3) is 0.125. The van der Waals surface area contributed by atoms with Crippen LogP contribution in [0.4, 0.5) is 5.69 Å². The molecule has 0 saturated carbocycles. The van der Waals surface area contributed by atoms with Gasteiger partial charge in [-0.05, 0) is 62.0 Å². The Labute approximate surface area is 184 Å². The molecule has 2 aromatic carbocycles. The van der Waals surface area contributed by atoms with E-state index in [-0.39, 0.29) is 11.9 Å². The lowest BCUT2D eigenvalue weighted by atomic mass is 10.1. The highest BCUT2D eigenvalue weighted by atomic mass is 32.2. The number of benzene rings is 2. The number of carbonyl (C=O) groups excluding carboxylic acids is 2. The Morgan fingerprint density at radius 1 is 1.10 bits per heavy atom. The van der Waals surface area contributed by atoms with Crippen LogP contribution in [0.25, 0.3) is 17.4 Å². The molecule has 7 heteroatoms. The molecule has 1 fully saturated rings. The van der Waals surface area contributed by atoms with E-state index in [1.165, 1.54) is 11.8 Å². The molecule has 1 N–H and O–H groups in total. The summed E-state index contributed by atoms with van der Waals surface area (Å²) in [6, 6.07) is 18.4. The van der Waals surface area contributed by atoms with Crippen molar-refractivity contribution < 1.29 is 18.7 Å². The Kier molecular flexibility index (Phi) is 6.04. The lowest BCUT2D eigenvalue weighted by Gasteiger charge is -2.02. The zero-order valence-corrected chi connectivity index (χ0v) is 17.9. The Bertz CT molecular complexity index is 1180. The molecule has 1 amide bonds. The molecule has 2 heterocycles. The molecule has 0 unspecified atom stereocenters. The van der Waals surface area contributed by atoms with E-state index in [1.807, 2.05) is 37.3 Å². The largest absolute Gasteiger partial charge is 0.462 e. The molecular weight excluding hydrogens is 412 g/mol. The third-order valence-corrected chi connectivity index (χ3v) is 5.41. The molecule has 31 heavy (non-hydrogen) atoms. The van der Waals surface area contributed by atoms with Crippen molar-refractivity contribution in [3.63, 3.8) is 0 Å². The van der Waals surface area contributed by atoms with Gasteiger partial charge in [0.2, 0.25) is 0 Å². The van der Waals surface area contributed by atoms with E-state index in [9.17, 15) is 9.59 Å².